The van der Waals surface area contributed by atoms with Crippen molar-refractivity contribution in [2.75, 3.05) is 6.54 Å². The molecule has 0 bridgehead atoms. The Morgan fingerprint density at radius 1 is 1.41 bits per heavy atom. The van der Waals surface area contributed by atoms with Gasteiger partial charge in [0.15, 0.2) is 0 Å². The summed E-state index contributed by atoms with van der Waals surface area (Å²) in [4.78, 5) is 0.562. The fraction of sp³-hybridized carbons (Fsp3) is 0.571. The summed E-state index contributed by atoms with van der Waals surface area (Å²) in [7, 11) is 0. The fourth-order valence-electron chi connectivity index (χ4n) is 2.27. The van der Waals surface area contributed by atoms with Crippen LogP contribution in [0.15, 0.2) is 24.3 Å². The molecular formula is C14H20BrNO. The van der Waals surface area contributed by atoms with Crippen LogP contribution in [0.25, 0.3) is 0 Å². The van der Waals surface area contributed by atoms with Gasteiger partial charge >= 0.3 is 0 Å². The largest absolute Gasteiger partial charge is 0.488 e. The summed E-state index contributed by atoms with van der Waals surface area (Å²) in [6.07, 6.45) is 2.46. The Kier molecular flexibility index (Phi) is 4.46. The van der Waals surface area contributed by atoms with E-state index in [0.29, 0.717) is 17.0 Å². The van der Waals surface area contributed by atoms with Gasteiger partial charge in [-0.15, -0.1) is 0 Å². The lowest BCUT2D eigenvalue weighted by Crippen LogP contribution is -2.36. The third-order valence-corrected chi connectivity index (χ3v) is 3.46. The number of alkyl halides is 1. The van der Waals surface area contributed by atoms with Gasteiger partial charge in [-0.1, -0.05) is 41.1 Å². The van der Waals surface area contributed by atoms with Gasteiger partial charge in [-0.05, 0) is 25.0 Å². The highest BCUT2D eigenvalue weighted by atomic mass is 79.9. The third kappa shape index (κ3) is 3.71. The number of fused-ring (bicyclic) bond motifs is 1. The molecule has 0 saturated carbocycles. The Labute approximate surface area is 112 Å². The SMILES string of the molecule is CC(Br)CC(C)NCC1Cc2ccccc2O1. The van der Waals surface area contributed by atoms with Gasteiger partial charge in [0.05, 0.1) is 0 Å². The normalized spacial score (nSPS) is 21.7. The lowest BCUT2D eigenvalue weighted by atomic mass is 10.1. The number of rotatable bonds is 5. The van der Waals surface area contributed by atoms with Crippen molar-refractivity contribution in [1.29, 1.82) is 0 Å². The molecule has 1 heterocycles. The van der Waals surface area contributed by atoms with Crippen molar-refractivity contribution in [3.05, 3.63) is 29.8 Å². The van der Waals surface area contributed by atoms with Crippen LogP contribution in [-0.4, -0.2) is 23.5 Å². The van der Waals surface area contributed by atoms with Crippen LogP contribution in [0.5, 0.6) is 5.75 Å². The number of nitrogens with one attached hydrogen (secondary N) is 1. The van der Waals surface area contributed by atoms with Crippen LogP contribution in [0.1, 0.15) is 25.8 Å². The van der Waals surface area contributed by atoms with Gasteiger partial charge < -0.3 is 10.1 Å². The Bertz CT molecular complexity index is 342. The molecule has 0 aromatic heterocycles. The minimum Gasteiger partial charge on any atom is -0.488 e. The summed E-state index contributed by atoms with van der Waals surface area (Å²) in [5.74, 6) is 1.06. The molecule has 1 aliphatic rings. The molecule has 1 N–H and O–H groups in total. The lowest BCUT2D eigenvalue weighted by Gasteiger charge is -2.18. The average Bonchev–Trinajstić information content (AvgIpc) is 2.68. The first-order chi connectivity index (χ1) is 8.15. The molecule has 94 valence electrons. The van der Waals surface area contributed by atoms with E-state index in [0.717, 1.165) is 25.1 Å². The predicted octanol–water partition coefficient (Wildman–Crippen LogP) is 3.14. The van der Waals surface area contributed by atoms with Gasteiger partial charge in [-0.3, -0.25) is 0 Å². The summed E-state index contributed by atoms with van der Waals surface area (Å²) >= 11 is 3.58. The highest BCUT2D eigenvalue weighted by molar-refractivity contribution is 9.09. The van der Waals surface area contributed by atoms with Crippen molar-refractivity contribution in [3.63, 3.8) is 0 Å². The summed E-state index contributed by atoms with van der Waals surface area (Å²) < 4.78 is 5.89. The molecule has 0 radical (unpaired) electrons. The molecule has 3 atom stereocenters. The second-order valence-corrected chi connectivity index (χ2v) is 6.44. The first kappa shape index (κ1) is 12.9. The standard InChI is InChI=1S/C14H20BrNO/c1-10(15)7-11(2)16-9-13-8-12-5-3-4-6-14(12)17-13/h3-6,10-11,13,16H,7-9H2,1-2H3. The predicted molar refractivity (Wildman–Crippen MR) is 75.0 cm³/mol. The zero-order valence-electron chi connectivity index (χ0n) is 10.4. The highest BCUT2D eigenvalue weighted by Crippen LogP contribution is 2.27. The number of hydrogen-bond donors (Lipinski definition) is 1. The van der Waals surface area contributed by atoms with Crippen molar-refractivity contribution in [3.8, 4) is 5.75 Å². The van der Waals surface area contributed by atoms with Crippen LogP contribution in [0.4, 0.5) is 0 Å². The van der Waals surface area contributed by atoms with Crippen molar-refractivity contribution in [2.45, 2.75) is 43.7 Å². The second-order valence-electron chi connectivity index (χ2n) is 4.88. The molecule has 3 heteroatoms. The van der Waals surface area contributed by atoms with Gasteiger partial charge in [0.1, 0.15) is 11.9 Å². The quantitative estimate of drug-likeness (QED) is 0.843. The molecule has 3 unspecified atom stereocenters. The van der Waals surface area contributed by atoms with E-state index >= 15 is 0 Å². The number of halogens is 1. The van der Waals surface area contributed by atoms with Crippen LogP contribution in [0.2, 0.25) is 0 Å². The van der Waals surface area contributed by atoms with Crippen LogP contribution < -0.4 is 10.1 Å². The van der Waals surface area contributed by atoms with Gasteiger partial charge in [0.2, 0.25) is 0 Å². The third-order valence-electron chi connectivity index (χ3n) is 3.09. The minimum atomic E-state index is 0.292. The first-order valence-electron chi connectivity index (χ1n) is 6.27. The lowest BCUT2D eigenvalue weighted by molar-refractivity contribution is 0.221. The molecule has 0 fully saturated rings. The van der Waals surface area contributed by atoms with Crippen LogP contribution in [0, 0.1) is 0 Å². The summed E-state index contributed by atoms with van der Waals surface area (Å²) in [6, 6.07) is 8.84. The Balaban J connectivity index is 1.76. The van der Waals surface area contributed by atoms with Crippen molar-refractivity contribution in [1.82, 2.24) is 5.32 Å². The van der Waals surface area contributed by atoms with E-state index in [2.05, 4.69) is 53.3 Å². The molecule has 1 aromatic rings. The Hall–Kier alpha value is -0.540. The molecule has 1 aliphatic heterocycles. The topological polar surface area (TPSA) is 21.3 Å². The van der Waals surface area contributed by atoms with Gasteiger partial charge in [-0.2, -0.15) is 0 Å². The maximum Gasteiger partial charge on any atom is 0.123 e. The van der Waals surface area contributed by atoms with E-state index in [1.54, 1.807) is 0 Å². The number of benzene rings is 1. The molecular weight excluding hydrogens is 278 g/mol. The van der Waals surface area contributed by atoms with Gasteiger partial charge in [-0.25, -0.2) is 0 Å². The summed E-state index contributed by atoms with van der Waals surface area (Å²) in [5.41, 5.74) is 1.33. The highest BCUT2D eigenvalue weighted by Gasteiger charge is 2.22. The summed E-state index contributed by atoms with van der Waals surface area (Å²) in [5, 5.41) is 3.54. The molecule has 1 aromatic carbocycles. The molecule has 0 aliphatic carbocycles. The minimum absolute atomic E-state index is 0.292. The Morgan fingerprint density at radius 2 is 2.18 bits per heavy atom. The van der Waals surface area contributed by atoms with Gasteiger partial charge in [0, 0.05) is 23.8 Å². The second kappa shape index (κ2) is 5.87. The smallest absolute Gasteiger partial charge is 0.123 e. The molecule has 17 heavy (non-hydrogen) atoms. The van der Waals surface area contributed by atoms with E-state index in [1.807, 2.05) is 6.07 Å². The number of para-hydroxylation sites is 1. The van der Waals surface area contributed by atoms with Gasteiger partial charge in [0.25, 0.3) is 0 Å². The maximum atomic E-state index is 5.89. The number of hydrogen-bond acceptors (Lipinski definition) is 2. The molecule has 2 rings (SSSR count). The number of ether oxygens (including phenoxy) is 1. The fourth-order valence-corrected chi connectivity index (χ4v) is 2.83. The molecule has 0 spiro atoms. The van der Waals surface area contributed by atoms with E-state index in [-0.39, 0.29) is 0 Å². The van der Waals surface area contributed by atoms with Crippen molar-refractivity contribution in [2.24, 2.45) is 0 Å². The van der Waals surface area contributed by atoms with E-state index in [1.165, 1.54) is 5.56 Å². The van der Waals surface area contributed by atoms with Crippen molar-refractivity contribution >= 4 is 15.9 Å². The van der Waals surface area contributed by atoms with Crippen LogP contribution in [-0.2, 0) is 6.42 Å². The van der Waals surface area contributed by atoms with Crippen LogP contribution in [0.3, 0.4) is 0 Å². The Morgan fingerprint density at radius 3 is 2.88 bits per heavy atom. The zero-order valence-corrected chi connectivity index (χ0v) is 12.0. The zero-order chi connectivity index (χ0) is 12.3. The summed E-state index contributed by atoms with van der Waals surface area (Å²) in [6.45, 7) is 5.33. The molecule has 2 nitrogen and oxygen atoms in total. The average molecular weight is 298 g/mol. The van der Waals surface area contributed by atoms with E-state index < -0.39 is 0 Å². The van der Waals surface area contributed by atoms with E-state index in [9.17, 15) is 0 Å². The van der Waals surface area contributed by atoms with Crippen LogP contribution >= 0.6 is 15.9 Å². The molecule has 0 saturated heterocycles. The first-order valence-corrected chi connectivity index (χ1v) is 7.18. The maximum absolute atomic E-state index is 5.89. The monoisotopic (exact) mass is 297 g/mol. The molecule has 0 amide bonds. The van der Waals surface area contributed by atoms with Crippen molar-refractivity contribution < 1.29 is 4.74 Å². The van der Waals surface area contributed by atoms with E-state index in [4.69, 9.17) is 4.74 Å².